The third kappa shape index (κ3) is 2.47. The molecule has 16 heavy (non-hydrogen) atoms. The van der Waals surface area contributed by atoms with Crippen molar-refractivity contribution < 1.29 is 13.0 Å². The molecule has 5 heteroatoms. The average molecular weight is 245 g/mol. The lowest BCUT2D eigenvalue weighted by molar-refractivity contribution is 0.466. The quantitative estimate of drug-likeness (QED) is 0.816. The van der Waals surface area contributed by atoms with Crippen LogP contribution in [0.4, 0.5) is 8.78 Å². The summed E-state index contributed by atoms with van der Waals surface area (Å²) in [5.74, 6) is -0.0229. The third-order valence-electron chi connectivity index (χ3n) is 2.61. The highest BCUT2D eigenvalue weighted by atomic mass is 32.2. The van der Waals surface area contributed by atoms with Gasteiger partial charge < -0.3 is 5.32 Å². The molecule has 1 aliphatic rings. The fraction of sp³-hybridized carbons (Fsp3) is 0.455. The van der Waals surface area contributed by atoms with Crippen molar-refractivity contribution >= 4 is 10.8 Å². The van der Waals surface area contributed by atoms with Gasteiger partial charge in [0, 0.05) is 40.0 Å². The number of benzene rings is 1. The Hall–Kier alpha value is -0.810. The van der Waals surface area contributed by atoms with Crippen LogP contribution in [0.1, 0.15) is 18.5 Å². The molecule has 1 fully saturated rings. The molecule has 2 rings (SSSR count). The summed E-state index contributed by atoms with van der Waals surface area (Å²) in [6.45, 7) is 1.89. The van der Waals surface area contributed by atoms with Gasteiger partial charge in [0.2, 0.25) is 0 Å². The summed E-state index contributed by atoms with van der Waals surface area (Å²) in [6.07, 6.45) is 0. The summed E-state index contributed by atoms with van der Waals surface area (Å²) < 4.78 is 38.0. The largest absolute Gasteiger partial charge is 0.306 e. The Morgan fingerprint density at radius 3 is 2.81 bits per heavy atom. The molecule has 0 saturated carbocycles. The number of nitrogens with one attached hydrogen (secondary N) is 1. The molecule has 0 amide bonds. The van der Waals surface area contributed by atoms with Gasteiger partial charge in [-0.05, 0) is 25.1 Å². The van der Waals surface area contributed by atoms with E-state index in [2.05, 4.69) is 5.32 Å². The summed E-state index contributed by atoms with van der Waals surface area (Å²) in [4.78, 5) is 0. The van der Waals surface area contributed by atoms with Crippen LogP contribution in [0.5, 0.6) is 0 Å². The van der Waals surface area contributed by atoms with Gasteiger partial charge in [0.25, 0.3) is 0 Å². The molecule has 3 atom stereocenters. The molecule has 0 aliphatic carbocycles. The minimum Gasteiger partial charge on any atom is -0.306 e. The van der Waals surface area contributed by atoms with Crippen LogP contribution >= 0.6 is 0 Å². The van der Waals surface area contributed by atoms with E-state index < -0.39 is 22.4 Å². The summed E-state index contributed by atoms with van der Waals surface area (Å²) in [5, 5.41) is 3.13. The van der Waals surface area contributed by atoms with Gasteiger partial charge in [0.15, 0.2) is 0 Å². The summed E-state index contributed by atoms with van der Waals surface area (Å²) in [7, 11) is -0.967. The highest BCUT2D eigenvalue weighted by Gasteiger charge is 2.26. The maximum Gasteiger partial charge on any atom is 0.128 e. The molecular formula is C11H13F2NOS. The maximum atomic E-state index is 13.5. The summed E-state index contributed by atoms with van der Waals surface area (Å²) in [5.41, 5.74) is 0.264. The second-order valence-corrected chi connectivity index (χ2v) is 5.61. The Labute approximate surface area is 95.5 Å². The van der Waals surface area contributed by atoms with E-state index in [-0.39, 0.29) is 17.6 Å². The van der Waals surface area contributed by atoms with Gasteiger partial charge in [0.1, 0.15) is 11.6 Å². The Kier molecular flexibility index (Phi) is 3.35. The van der Waals surface area contributed by atoms with Gasteiger partial charge in [-0.25, -0.2) is 8.78 Å². The Morgan fingerprint density at radius 2 is 2.12 bits per heavy atom. The van der Waals surface area contributed by atoms with Gasteiger partial charge in [-0.3, -0.25) is 4.21 Å². The van der Waals surface area contributed by atoms with Crippen LogP contribution in [-0.4, -0.2) is 21.8 Å². The van der Waals surface area contributed by atoms with Gasteiger partial charge in [-0.2, -0.15) is 0 Å². The van der Waals surface area contributed by atoms with Gasteiger partial charge in [0.05, 0.1) is 0 Å². The number of rotatable bonds is 1. The molecule has 0 aromatic heterocycles. The van der Waals surface area contributed by atoms with Crippen LogP contribution < -0.4 is 5.32 Å². The minimum atomic E-state index is -0.967. The summed E-state index contributed by atoms with van der Waals surface area (Å²) >= 11 is 0. The van der Waals surface area contributed by atoms with Crippen molar-refractivity contribution in [2.75, 3.05) is 11.5 Å². The van der Waals surface area contributed by atoms with Crippen molar-refractivity contribution in [3.05, 3.63) is 35.4 Å². The van der Waals surface area contributed by atoms with Gasteiger partial charge >= 0.3 is 0 Å². The molecule has 1 aliphatic heterocycles. The highest BCUT2D eigenvalue weighted by molar-refractivity contribution is 7.85. The molecular weight excluding hydrogens is 232 g/mol. The van der Waals surface area contributed by atoms with E-state index >= 15 is 0 Å². The topological polar surface area (TPSA) is 29.1 Å². The molecule has 0 radical (unpaired) electrons. The molecule has 1 aromatic rings. The molecule has 2 nitrogen and oxygen atoms in total. The lowest BCUT2D eigenvalue weighted by Gasteiger charge is -2.28. The zero-order valence-electron chi connectivity index (χ0n) is 8.87. The predicted octanol–water partition coefficient (Wildman–Crippen LogP) is 1.75. The first kappa shape index (κ1) is 11.7. The standard InChI is InChI=1S/C11H13F2NOS/c1-7-5-16(15)6-11(14-7)9-4-8(12)2-3-10(9)13/h2-4,7,11,14H,5-6H2,1H3. The van der Waals surface area contributed by atoms with Crippen molar-refractivity contribution in [1.82, 2.24) is 5.32 Å². The van der Waals surface area contributed by atoms with Crippen LogP contribution in [0.3, 0.4) is 0 Å². The molecule has 1 heterocycles. The monoisotopic (exact) mass is 245 g/mol. The number of hydrogen-bond acceptors (Lipinski definition) is 2. The molecule has 1 N–H and O–H groups in total. The second-order valence-electron chi connectivity index (χ2n) is 4.06. The molecule has 1 saturated heterocycles. The molecule has 0 bridgehead atoms. The van der Waals surface area contributed by atoms with Crippen molar-refractivity contribution in [2.45, 2.75) is 19.0 Å². The van der Waals surface area contributed by atoms with Crippen molar-refractivity contribution in [3.63, 3.8) is 0 Å². The predicted molar refractivity (Wildman–Crippen MR) is 59.6 cm³/mol. The zero-order valence-corrected chi connectivity index (χ0v) is 9.69. The van der Waals surface area contributed by atoms with Crippen LogP contribution in [0.15, 0.2) is 18.2 Å². The van der Waals surface area contributed by atoms with E-state index in [9.17, 15) is 13.0 Å². The molecule has 3 unspecified atom stereocenters. The maximum absolute atomic E-state index is 13.5. The third-order valence-corrected chi connectivity index (χ3v) is 4.18. The van der Waals surface area contributed by atoms with Crippen molar-refractivity contribution in [1.29, 1.82) is 0 Å². The molecule has 0 spiro atoms. The second kappa shape index (κ2) is 4.59. The minimum absolute atomic E-state index is 0.0576. The lowest BCUT2D eigenvalue weighted by Crippen LogP contribution is -2.43. The first-order valence-corrected chi connectivity index (χ1v) is 6.61. The van der Waals surface area contributed by atoms with E-state index in [1.807, 2.05) is 6.92 Å². The average Bonchev–Trinajstić information content (AvgIpc) is 2.20. The van der Waals surface area contributed by atoms with Crippen LogP contribution in [0, 0.1) is 11.6 Å². The van der Waals surface area contributed by atoms with E-state index in [4.69, 9.17) is 0 Å². The van der Waals surface area contributed by atoms with Crippen molar-refractivity contribution in [2.24, 2.45) is 0 Å². The van der Waals surface area contributed by atoms with Crippen LogP contribution in [0.25, 0.3) is 0 Å². The normalized spacial score (nSPS) is 30.3. The number of hydrogen-bond donors (Lipinski definition) is 1. The highest BCUT2D eigenvalue weighted by Crippen LogP contribution is 2.22. The van der Waals surface area contributed by atoms with E-state index in [1.165, 1.54) is 6.07 Å². The summed E-state index contributed by atoms with van der Waals surface area (Å²) in [6, 6.07) is 3.06. The number of halogens is 2. The smallest absolute Gasteiger partial charge is 0.128 e. The Morgan fingerprint density at radius 1 is 1.38 bits per heavy atom. The first-order valence-electron chi connectivity index (χ1n) is 5.12. The molecule has 1 aromatic carbocycles. The van der Waals surface area contributed by atoms with E-state index in [0.717, 1.165) is 12.1 Å². The SMILES string of the molecule is CC1CS(=O)CC(c2cc(F)ccc2F)N1. The van der Waals surface area contributed by atoms with E-state index in [0.29, 0.717) is 11.5 Å². The van der Waals surface area contributed by atoms with E-state index in [1.54, 1.807) is 0 Å². The zero-order chi connectivity index (χ0) is 11.7. The molecule has 88 valence electrons. The fourth-order valence-corrected chi connectivity index (χ4v) is 3.37. The first-order chi connectivity index (χ1) is 7.56. The van der Waals surface area contributed by atoms with Crippen molar-refractivity contribution in [3.8, 4) is 0 Å². The van der Waals surface area contributed by atoms with Gasteiger partial charge in [-0.1, -0.05) is 0 Å². The lowest BCUT2D eigenvalue weighted by atomic mass is 10.1. The fourth-order valence-electron chi connectivity index (χ4n) is 1.93. The Bertz CT molecular complexity index is 424. The van der Waals surface area contributed by atoms with Gasteiger partial charge in [-0.15, -0.1) is 0 Å². The Balaban J connectivity index is 2.29. The van der Waals surface area contributed by atoms with Crippen LogP contribution in [-0.2, 0) is 10.8 Å². The van der Waals surface area contributed by atoms with Crippen LogP contribution in [0.2, 0.25) is 0 Å².